The lowest BCUT2D eigenvalue weighted by atomic mass is 10.0. The van der Waals surface area contributed by atoms with E-state index in [4.69, 9.17) is 4.42 Å². The van der Waals surface area contributed by atoms with E-state index >= 15 is 0 Å². The molecule has 1 amide bonds. The van der Waals surface area contributed by atoms with Gasteiger partial charge in [0.2, 0.25) is 5.91 Å². The molecule has 0 aliphatic heterocycles. The molecule has 0 fully saturated rings. The van der Waals surface area contributed by atoms with Crippen LogP contribution in [0.1, 0.15) is 36.5 Å². The van der Waals surface area contributed by atoms with Gasteiger partial charge in [-0.1, -0.05) is 30.3 Å². The highest BCUT2D eigenvalue weighted by Crippen LogP contribution is 2.23. The summed E-state index contributed by atoms with van der Waals surface area (Å²) < 4.78 is 5.31. The molecule has 3 aromatic rings. The summed E-state index contributed by atoms with van der Waals surface area (Å²) in [5.41, 5.74) is 2.44. The number of aromatic hydroxyl groups is 1. The number of amides is 1. The lowest BCUT2D eigenvalue weighted by molar-refractivity contribution is -0.121. The molecule has 28 heavy (non-hydrogen) atoms. The summed E-state index contributed by atoms with van der Waals surface area (Å²) >= 11 is 0. The van der Waals surface area contributed by atoms with Crippen LogP contribution in [0, 0.1) is 6.92 Å². The van der Waals surface area contributed by atoms with E-state index in [0.29, 0.717) is 17.6 Å². The molecule has 0 saturated carbocycles. The van der Waals surface area contributed by atoms with Crippen molar-refractivity contribution >= 4 is 16.9 Å². The molecule has 3 rings (SSSR count). The maximum absolute atomic E-state index is 12.3. The van der Waals surface area contributed by atoms with Gasteiger partial charge in [-0.15, -0.1) is 0 Å². The van der Waals surface area contributed by atoms with Gasteiger partial charge in [-0.2, -0.15) is 0 Å². The number of phenols is 1. The molecule has 0 aliphatic rings. The number of hydrogen-bond acceptors (Lipinski definition) is 4. The number of rotatable bonds is 7. The molecule has 2 aromatic carbocycles. The van der Waals surface area contributed by atoms with Crippen molar-refractivity contribution in [2.75, 3.05) is 0 Å². The molecule has 0 bridgehead atoms. The number of nitrogens with one attached hydrogen (secondary N) is 1. The Labute approximate surface area is 164 Å². The second-order valence-electron chi connectivity index (χ2n) is 7.17. The number of benzene rings is 2. The van der Waals surface area contributed by atoms with Gasteiger partial charge in [0.1, 0.15) is 11.3 Å². The average Bonchev–Trinajstić information content (AvgIpc) is 2.66. The number of carbonyl (C=O) groups excluding carboxylic acids is 1. The Bertz CT molecular complexity index is 1020. The molecule has 5 heteroatoms. The van der Waals surface area contributed by atoms with Crippen LogP contribution in [0.3, 0.4) is 0 Å². The van der Waals surface area contributed by atoms with E-state index < -0.39 is 5.63 Å². The molecule has 1 atom stereocenters. The minimum absolute atomic E-state index is 0.0478. The van der Waals surface area contributed by atoms with E-state index in [0.717, 1.165) is 23.8 Å². The predicted molar refractivity (Wildman–Crippen MR) is 110 cm³/mol. The second kappa shape index (κ2) is 8.74. The Balaban J connectivity index is 1.58. The maximum Gasteiger partial charge on any atom is 0.339 e. The number of carbonyl (C=O) groups is 1. The summed E-state index contributed by atoms with van der Waals surface area (Å²) in [6.45, 7) is 3.83. The zero-order chi connectivity index (χ0) is 20.1. The Morgan fingerprint density at radius 2 is 1.89 bits per heavy atom. The van der Waals surface area contributed by atoms with Gasteiger partial charge in [0.25, 0.3) is 0 Å². The maximum atomic E-state index is 12.3. The topological polar surface area (TPSA) is 79.5 Å². The molecule has 0 aliphatic carbocycles. The van der Waals surface area contributed by atoms with Gasteiger partial charge < -0.3 is 14.8 Å². The third kappa shape index (κ3) is 4.80. The smallest absolute Gasteiger partial charge is 0.339 e. The molecule has 0 saturated heterocycles. The van der Waals surface area contributed by atoms with Gasteiger partial charge in [0, 0.05) is 29.5 Å². The van der Waals surface area contributed by atoms with E-state index in [1.807, 2.05) is 32.0 Å². The molecule has 1 aromatic heterocycles. The van der Waals surface area contributed by atoms with Gasteiger partial charge in [-0.05, 0) is 56.4 Å². The van der Waals surface area contributed by atoms with Gasteiger partial charge in [0.05, 0.1) is 0 Å². The summed E-state index contributed by atoms with van der Waals surface area (Å²) in [5, 5.41) is 13.3. The highest BCUT2D eigenvalue weighted by molar-refractivity contribution is 5.82. The third-order valence-electron chi connectivity index (χ3n) is 4.99. The first-order valence-corrected chi connectivity index (χ1v) is 9.52. The van der Waals surface area contributed by atoms with Crippen molar-refractivity contribution in [3.63, 3.8) is 0 Å². The van der Waals surface area contributed by atoms with Crippen molar-refractivity contribution in [1.29, 1.82) is 0 Å². The zero-order valence-corrected chi connectivity index (χ0v) is 16.2. The highest BCUT2D eigenvalue weighted by atomic mass is 16.4. The minimum Gasteiger partial charge on any atom is -0.508 e. The van der Waals surface area contributed by atoms with Crippen LogP contribution in [0.15, 0.2) is 57.7 Å². The van der Waals surface area contributed by atoms with Crippen LogP contribution in [0.2, 0.25) is 0 Å². The van der Waals surface area contributed by atoms with Gasteiger partial charge in [-0.25, -0.2) is 4.79 Å². The van der Waals surface area contributed by atoms with Crippen LogP contribution in [0.25, 0.3) is 11.0 Å². The van der Waals surface area contributed by atoms with Crippen molar-refractivity contribution in [3.05, 3.63) is 75.6 Å². The summed E-state index contributed by atoms with van der Waals surface area (Å²) in [7, 11) is 0. The quantitative estimate of drug-likeness (QED) is 0.611. The van der Waals surface area contributed by atoms with Crippen LogP contribution in [-0.2, 0) is 17.6 Å². The van der Waals surface area contributed by atoms with Crippen LogP contribution < -0.4 is 10.9 Å². The van der Waals surface area contributed by atoms with Crippen molar-refractivity contribution in [2.24, 2.45) is 0 Å². The fourth-order valence-corrected chi connectivity index (χ4v) is 3.36. The fourth-order valence-electron chi connectivity index (χ4n) is 3.36. The van der Waals surface area contributed by atoms with E-state index in [9.17, 15) is 14.7 Å². The van der Waals surface area contributed by atoms with Crippen LogP contribution in [0.4, 0.5) is 0 Å². The van der Waals surface area contributed by atoms with Crippen LogP contribution >= 0.6 is 0 Å². The van der Waals surface area contributed by atoms with Gasteiger partial charge in [0.15, 0.2) is 0 Å². The summed E-state index contributed by atoms with van der Waals surface area (Å²) in [6.07, 6.45) is 2.31. The summed E-state index contributed by atoms with van der Waals surface area (Å²) in [5.74, 6) is -0.0307. The first-order chi connectivity index (χ1) is 13.4. The summed E-state index contributed by atoms with van der Waals surface area (Å²) in [4.78, 5) is 24.6. The number of phenolic OH excluding ortho intramolecular Hbond substituents is 1. The fraction of sp³-hybridized carbons (Fsp3) is 0.304. The number of aryl methyl sites for hydroxylation is 2. The van der Waals surface area contributed by atoms with Crippen LogP contribution in [-0.4, -0.2) is 17.1 Å². The molecule has 5 nitrogen and oxygen atoms in total. The molecule has 1 unspecified atom stereocenters. The van der Waals surface area contributed by atoms with E-state index in [-0.39, 0.29) is 24.1 Å². The molecule has 1 heterocycles. The van der Waals surface area contributed by atoms with Crippen molar-refractivity contribution in [3.8, 4) is 5.75 Å². The Morgan fingerprint density at radius 3 is 2.64 bits per heavy atom. The van der Waals surface area contributed by atoms with Crippen LogP contribution in [0.5, 0.6) is 5.75 Å². The predicted octanol–water partition coefficient (Wildman–Crippen LogP) is 3.88. The molecule has 146 valence electrons. The van der Waals surface area contributed by atoms with Crippen molar-refractivity contribution < 1.29 is 14.3 Å². The Hall–Kier alpha value is -3.08. The first kappa shape index (κ1) is 19.7. The van der Waals surface area contributed by atoms with Crippen molar-refractivity contribution in [2.45, 2.75) is 45.6 Å². The lowest BCUT2D eigenvalue weighted by Crippen LogP contribution is -2.33. The lowest BCUT2D eigenvalue weighted by Gasteiger charge is -2.14. The molecule has 0 radical (unpaired) electrons. The average molecular weight is 379 g/mol. The van der Waals surface area contributed by atoms with E-state index in [1.54, 1.807) is 12.1 Å². The largest absolute Gasteiger partial charge is 0.508 e. The highest BCUT2D eigenvalue weighted by Gasteiger charge is 2.14. The van der Waals surface area contributed by atoms with E-state index in [1.165, 1.54) is 11.6 Å². The molecule has 0 spiro atoms. The van der Waals surface area contributed by atoms with Crippen molar-refractivity contribution in [1.82, 2.24) is 5.32 Å². The second-order valence-corrected chi connectivity index (χ2v) is 7.17. The van der Waals surface area contributed by atoms with E-state index in [2.05, 4.69) is 17.4 Å². The number of hydrogen-bond donors (Lipinski definition) is 2. The zero-order valence-electron chi connectivity index (χ0n) is 16.2. The standard InChI is InChI=1S/C23H25NO4/c1-15(8-9-17-6-4-3-5-7-17)24-22(26)13-12-20-16(2)19-11-10-18(25)14-21(19)28-23(20)27/h3-7,10-11,14-15,25H,8-9,12-13H2,1-2H3,(H,24,26). The SMILES string of the molecule is Cc1c(CCC(=O)NC(C)CCc2ccccc2)c(=O)oc2cc(O)ccc12. The van der Waals surface area contributed by atoms with Gasteiger partial charge in [-0.3, -0.25) is 4.79 Å². The first-order valence-electron chi connectivity index (χ1n) is 9.52. The minimum atomic E-state index is -0.458. The number of fused-ring (bicyclic) bond motifs is 1. The molecule has 2 N–H and O–H groups in total. The third-order valence-corrected chi connectivity index (χ3v) is 4.99. The van der Waals surface area contributed by atoms with Gasteiger partial charge >= 0.3 is 5.63 Å². The molecular weight excluding hydrogens is 354 g/mol. The molecular formula is C23H25NO4. The monoisotopic (exact) mass is 379 g/mol. The normalized spacial score (nSPS) is 12.1. The Morgan fingerprint density at radius 1 is 1.14 bits per heavy atom. The summed E-state index contributed by atoms with van der Waals surface area (Å²) in [6, 6.07) is 14.9. The Kier molecular flexibility index (Phi) is 6.14.